The van der Waals surface area contributed by atoms with Crippen molar-refractivity contribution in [1.29, 1.82) is 0 Å². The Morgan fingerprint density at radius 3 is 2.58 bits per heavy atom. The van der Waals surface area contributed by atoms with Crippen molar-refractivity contribution < 1.29 is 19.8 Å². The Kier molecular flexibility index (Phi) is 6.80. The smallest absolute Gasteiger partial charge is 0.226 e. The van der Waals surface area contributed by atoms with Crippen LogP contribution in [-0.2, 0) is 9.59 Å². The van der Waals surface area contributed by atoms with Crippen molar-refractivity contribution in [2.45, 2.75) is 62.9 Å². The first kappa shape index (κ1) is 18.9. The summed E-state index contributed by atoms with van der Waals surface area (Å²) in [5.41, 5.74) is -0.514. The zero-order valence-electron chi connectivity index (χ0n) is 14.4. The van der Waals surface area contributed by atoms with E-state index in [0.717, 1.165) is 38.5 Å². The number of hydrogen-bond acceptors (Lipinski definition) is 4. The van der Waals surface area contributed by atoms with Gasteiger partial charge in [0.25, 0.3) is 0 Å². The first-order chi connectivity index (χ1) is 11.5. The number of carbonyl (C=O) groups excluding carboxylic acids is 2. The van der Waals surface area contributed by atoms with Gasteiger partial charge in [-0.1, -0.05) is 18.9 Å². The lowest BCUT2D eigenvalue weighted by molar-refractivity contribution is -0.140. The molecule has 0 aromatic carbocycles. The van der Waals surface area contributed by atoms with Crippen molar-refractivity contribution in [2.24, 2.45) is 5.92 Å². The molecular weight excluding hydrogens is 308 g/mol. The van der Waals surface area contributed by atoms with Crippen LogP contribution in [0.15, 0.2) is 12.7 Å². The number of amides is 2. The summed E-state index contributed by atoms with van der Waals surface area (Å²) >= 11 is 0. The molecule has 2 atom stereocenters. The number of allylic oxidation sites excluding steroid dienone is 1. The van der Waals surface area contributed by atoms with Gasteiger partial charge in [0.05, 0.1) is 30.7 Å². The summed E-state index contributed by atoms with van der Waals surface area (Å²) in [6.45, 7) is 4.24. The largest absolute Gasteiger partial charge is 0.394 e. The minimum Gasteiger partial charge on any atom is -0.394 e. The van der Waals surface area contributed by atoms with Crippen LogP contribution in [0.5, 0.6) is 0 Å². The molecule has 3 N–H and O–H groups in total. The summed E-state index contributed by atoms with van der Waals surface area (Å²) in [5, 5.41) is 22.0. The van der Waals surface area contributed by atoms with Gasteiger partial charge in [-0.3, -0.25) is 9.59 Å². The first-order valence-corrected chi connectivity index (χ1v) is 8.99. The zero-order valence-corrected chi connectivity index (χ0v) is 14.4. The summed E-state index contributed by atoms with van der Waals surface area (Å²) in [4.78, 5) is 26.9. The average molecular weight is 338 g/mol. The first-order valence-electron chi connectivity index (χ1n) is 8.99. The van der Waals surface area contributed by atoms with Crippen LogP contribution in [0.1, 0.15) is 51.4 Å². The highest BCUT2D eigenvalue weighted by molar-refractivity contribution is 5.86. The third kappa shape index (κ3) is 4.36. The quantitative estimate of drug-likeness (QED) is 0.575. The number of aliphatic hydroxyl groups excluding tert-OH is 2. The second-order valence-corrected chi connectivity index (χ2v) is 7.13. The van der Waals surface area contributed by atoms with E-state index in [1.54, 1.807) is 11.0 Å². The van der Waals surface area contributed by atoms with Gasteiger partial charge in [0.1, 0.15) is 0 Å². The van der Waals surface area contributed by atoms with E-state index in [9.17, 15) is 19.8 Å². The lowest BCUT2D eigenvalue weighted by Gasteiger charge is -2.30. The van der Waals surface area contributed by atoms with Crippen LogP contribution in [0.4, 0.5) is 0 Å². The molecule has 6 heteroatoms. The van der Waals surface area contributed by atoms with Crippen molar-refractivity contribution in [3.05, 3.63) is 12.7 Å². The molecule has 24 heavy (non-hydrogen) atoms. The Bertz CT molecular complexity index is 460. The van der Waals surface area contributed by atoms with Gasteiger partial charge in [-0.15, -0.1) is 6.58 Å². The van der Waals surface area contributed by atoms with Gasteiger partial charge in [-0.05, 0) is 32.1 Å². The van der Waals surface area contributed by atoms with E-state index >= 15 is 0 Å². The summed E-state index contributed by atoms with van der Waals surface area (Å²) in [7, 11) is 0. The SMILES string of the molecule is C=CCC(CC(=O)NC1(CO)CCCC1)C(=O)N1CCCC1CO. The standard InChI is InChI=1S/C18H30N2O4/c1-2-6-14(17(24)20-10-5-7-15(20)12-21)11-16(23)19-18(13-22)8-3-4-9-18/h2,14-15,21-22H,1,3-13H2,(H,19,23). The topological polar surface area (TPSA) is 89.9 Å². The molecule has 0 aromatic rings. The second kappa shape index (κ2) is 8.62. The lowest BCUT2D eigenvalue weighted by atomic mass is 9.95. The Balaban J connectivity index is 1.98. The number of nitrogens with zero attached hydrogens (tertiary/aromatic N) is 1. The molecule has 0 radical (unpaired) electrons. The number of hydrogen-bond donors (Lipinski definition) is 3. The van der Waals surface area contributed by atoms with E-state index in [4.69, 9.17) is 0 Å². The maximum Gasteiger partial charge on any atom is 0.226 e. The van der Waals surface area contributed by atoms with E-state index in [2.05, 4.69) is 11.9 Å². The van der Waals surface area contributed by atoms with Crippen molar-refractivity contribution in [3.63, 3.8) is 0 Å². The maximum atomic E-state index is 12.8. The molecule has 0 spiro atoms. The molecular formula is C18H30N2O4. The van der Waals surface area contributed by atoms with Crippen molar-refractivity contribution in [3.8, 4) is 0 Å². The number of nitrogens with one attached hydrogen (secondary N) is 1. The van der Waals surface area contributed by atoms with Crippen LogP contribution in [0.25, 0.3) is 0 Å². The molecule has 1 saturated carbocycles. The van der Waals surface area contributed by atoms with E-state index < -0.39 is 11.5 Å². The fourth-order valence-corrected chi connectivity index (χ4v) is 3.97. The molecule has 136 valence electrons. The van der Waals surface area contributed by atoms with Gasteiger partial charge < -0.3 is 20.4 Å². The fourth-order valence-electron chi connectivity index (χ4n) is 3.97. The van der Waals surface area contributed by atoms with E-state index in [-0.39, 0.29) is 37.5 Å². The maximum absolute atomic E-state index is 12.8. The minimum atomic E-state index is -0.514. The molecule has 0 bridgehead atoms. The normalized spacial score (nSPS) is 23.9. The molecule has 1 aliphatic heterocycles. The summed E-state index contributed by atoms with van der Waals surface area (Å²) < 4.78 is 0. The van der Waals surface area contributed by atoms with E-state index in [1.807, 2.05) is 0 Å². The van der Waals surface area contributed by atoms with Crippen LogP contribution >= 0.6 is 0 Å². The van der Waals surface area contributed by atoms with Gasteiger partial charge in [-0.2, -0.15) is 0 Å². The van der Waals surface area contributed by atoms with Crippen LogP contribution in [0.3, 0.4) is 0 Å². The third-order valence-electron chi connectivity index (χ3n) is 5.37. The summed E-state index contributed by atoms with van der Waals surface area (Å²) in [6, 6.07) is -0.133. The Morgan fingerprint density at radius 2 is 2.00 bits per heavy atom. The Morgan fingerprint density at radius 1 is 1.29 bits per heavy atom. The Hall–Kier alpha value is -1.40. The third-order valence-corrected chi connectivity index (χ3v) is 5.37. The highest BCUT2D eigenvalue weighted by Gasteiger charge is 2.37. The predicted octanol–water partition coefficient (Wildman–Crippen LogP) is 0.973. The van der Waals surface area contributed by atoms with Crippen molar-refractivity contribution in [2.75, 3.05) is 19.8 Å². The van der Waals surface area contributed by atoms with Crippen LogP contribution in [0, 0.1) is 5.92 Å². The van der Waals surface area contributed by atoms with E-state index in [1.165, 1.54) is 0 Å². The predicted molar refractivity (Wildman–Crippen MR) is 91.2 cm³/mol. The number of aliphatic hydroxyl groups is 2. The fraction of sp³-hybridized carbons (Fsp3) is 0.778. The average Bonchev–Trinajstić information content (AvgIpc) is 3.23. The van der Waals surface area contributed by atoms with Crippen molar-refractivity contribution >= 4 is 11.8 Å². The van der Waals surface area contributed by atoms with Gasteiger partial charge in [0.2, 0.25) is 11.8 Å². The highest BCUT2D eigenvalue weighted by atomic mass is 16.3. The molecule has 1 aliphatic carbocycles. The van der Waals surface area contributed by atoms with Crippen LogP contribution in [-0.4, -0.2) is 58.3 Å². The summed E-state index contributed by atoms with van der Waals surface area (Å²) in [5.74, 6) is -0.719. The summed E-state index contributed by atoms with van der Waals surface area (Å²) in [6.07, 6.45) is 7.47. The van der Waals surface area contributed by atoms with Crippen LogP contribution < -0.4 is 5.32 Å². The molecule has 2 unspecified atom stereocenters. The Labute approximate surface area is 143 Å². The van der Waals surface area contributed by atoms with Gasteiger partial charge >= 0.3 is 0 Å². The molecule has 2 rings (SSSR count). The molecule has 2 aliphatic rings. The highest BCUT2D eigenvalue weighted by Crippen LogP contribution is 2.30. The number of carbonyl (C=O) groups is 2. The van der Waals surface area contributed by atoms with Gasteiger partial charge in [0, 0.05) is 13.0 Å². The lowest BCUT2D eigenvalue weighted by Crippen LogP contribution is -2.50. The van der Waals surface area contributed by atoms with Gasteiger partial charge in [-0.25, -0.2) is 0 Å². The second-order valence-electron chi connectivity index (χ2n) is 7.13. The molecule has 0 aromatic heterocycles. The molecule has 2 amide bonds. The monoisotopic (exact) mass is 338 g/mol. The number of likely N-dealkylation sites (tertiary alicyclic amines) is 1. The van der Waals surface area contributed by atoms with E-state index in [0.29, 0.717) is 13.0 Å². The molecule has 2 fully saturated rings. The number of rotatable bonds is 8. The molecule has 6 nitrogen and oxygen atoms in total. The minimum absolute atomic E-state index is 0.0353. The van der Waals surface area contributed by atoms with Crippen molar-refractivity contribution in [1.82, 2.24) is 10.2 Å². The zero-order chi connectivity index (χ0) is 17.6. The molecule has 1 saturated heterocycles. The van der Waals surface area contributed by atoms with Gasteiger partial charge in [0.15, 0.2) is 0 Å². The van der Waals surface area contributed by atoms with Crippen LogP contribution in [0.2, 0.25) is 0 Å². The molecule has 1 heterocycles.